The van der Waals surface area contributed by atoms with Crippen molar-refractivity contribution in [1.82, 2.24) is 15.6 Å². The normalized spacial score (nSPS) is 12.1. The van der Waals surface area contributed by atoms with Gasteiger partial charge in [0.25, 0.3) is 0 Å². The molecule has 2 rings (SSSR count). The van der Waals surface area contributed by atoms with Gasteiger partial charge in [-0.15, -0.1) is 11.3 Å². The van der Waals surface area contributed by atoms with E-state index in [1.807, 2.05) is 31.2 Å². The minimum atomic E-state index is -4.42. The first-order chi connectivity index (χ1) is 12.4. The summed E-state index contributed by atoms with van der Waals surface area (Å²) >= 11 is 0.954. The molecule has 0 aliphatic heterocycles. The summed E-state index contributed by atoms with van der Waals surface area (Å²) in [5.74, 6) is 1.34. The summed E-state index contributed by atoms with van der Waals surface area (Å²) in [4.78, 5) is 7.87. The third-order valence-electron chi connectivity index (χ3n) is 3.40. The number of thiazole rings is 1. The number of nitrogens with one attached hydrogen (secondary N) is 2. The number of aromatic nitrogens is 1. The zero-order valence-electron chi connectivity index (χ0n) is 14.6. The smallest absolute Gasteiger partial charge is 0.434 e. The second kappa shape index (κ2) is 9.42. The Hall–Kier alpha value is -2.29. The molecule has 1 heterocycles. The maximum Gasteiger partial charge on any atom is 0.434 e. The lowest BCUT2D eigenvalue weighted by molar-refractivity contribution is -0.140. The van der Waals surface area contributed by atoms with Crippen LogP contribution in [0.3, 0.4) is 0 Å². The van der Waals surface area contributed by atoms with E-state index in [1.165, 1.54) is 0 Å². The molecule has 0 saturated carbocycles. The lowest BCUT2D eigenvalue weighted by Crippen LogP contribution is -2.38. The van der Waals surface area contributed by atoms with Crippen LogP contribution in [0.1, 0.15) is 23.2 Å². The highest BCUT2D eigenvalue weighted by molar-refractivity contribution is 7.09. The Morgan fingerprint density at radius 2 is 2.12 bits per heavy atom. The van der Waals surface area contributed by atoms with Crippen molar-refractivity contribution in [2.24, 2.45) is 4.99 Å². The standard InChI is InChI=1S/C17H21F3N4OS/c1-3-21-16(22-8-7-12-5-4-6-13(9-12)25-2)23-10-15-24-14(11-26-15)17(18,19)20/h4-6,9,11H,3,7-8,10H2,1-2H3,(H2,21,22,23). The van der Waals surface area contributed by atoms with Gasteiger partial charge in [0.1, 0.15) is 10.8 Å². The molecule has 2 aromatic rings. The lowest BCUT2D eigenvalue weighted by Gasteiger charge is -2.11. The van der Waals surface area contributed by atoms with Gasteiger partial charge >= 0.3 is 6.18 Å². The molecule has 5 nitrogen and oxygen atoms in total. The molecule has 0 aliphatic rings. The molecule has 0 aliphatic carbocycles. The van der Waals surface area contributed by atoms with Crippen molar-refractivity contribution in [1.29, 1.82) is 0 Å². The average Bonchev–Trinajstić information content (AvgIpc) is 3.09. The Balaban J connectivity index is 1.90. The number of hydrogen-bond acceptors (Lipinski definition) is 4. The molecule has 1 aromatic heterocycles. The van der Waals surface area contributed by atoms with Gasteiger partial charge in [-0.3, -0.25) is 0 Å². The average molecular weight is 386 g/mol. The quantitative estimate of drug-likeness (QED) is 0.565. The Morgan fingerprint density at radius 1 is 1.31 bits per heavy atom. The molecule has 0 radical (unpaired) electrons. The molecule has 0 spiro atoms. The van der Waals surface area contributed by atoms with Crippen molar-refractivity contribution in [2.75, 3.05) is 20.2 Å². The van der Waals surface area contributed by atoms with Crippen molar-refractivity contribution >= 4 is 17.3 Å². The number of methoxy groups -OCH3 is 1. The fourth-order valence-corrected chi connectivity index (χ4v) is 2.88. The molecule has 142 valence electrons. The Labute approximate surface area is 154 Å². The predicted octanol–water partition coefficient (Wildman–Crippen LogP) is 3.47. The van der Waals surface area contributed by atoms with Crippen LogP contribution in [-0.2, 0) is 19.1 Å². The maximum atomic E-state index is 12.6. The topological polar surface area (TPSA) is 58.5 Å². The van der Waals surface area contributed by atoms with Gasteiger partial charge in [0.2, 0.25) is 0 Å². The van der Waals surface area contributed by atoms with Crippen molar-refractivity contribution in [2.45, 2.75) is 26.1 Å². The summed E-state index contributed by atoms with van der Waals surface area (Å²) in [5, 5.41) is 7.56. The number of alkyl halides is 3. The molecular weight excluding hydrogens is 365 g/mol. The molecule has 0 fully saturated rings. The van der Waals surface area contributed by atoms with Crippen LogP contribution in [0.25, 0.3) is 0 Å². The maximum absolute atomic E-state index is 12.6. The van der Waals surface area contributed by atoms with Gasteiger partial charge in [0.05, 0.1) is 13.7 Å². The molecule has 0 amide bonds. The zero-order chi connectivity index (χ0) is 19.0. The molecule has 1 aromatic carbocycles. The van der Waals surface area contributed by atoms with Crippen molar-refractivity contribution < 1.29 is 17.9 Å². The summed E-state index contributed by atoms with van der Waals surface area (Å²) in [7, 11) is 1.62. The fourth-order valence-electron chi connectivity index (χ4n) is 2.16. The number of benzene rings is 1. The Morgan fingerprint density at radius 3 is 2.77 bits per heavy atom. The monoisotopic (exact) mass is 386 g/mol. The van der Waals surface area contributed by atoms with E-state index in [-0.39, 0.29) is 6.54 Å². The van der Waals surface area contributed by atoms with Gasteiger partial charge < -0.3 is 15.4 Å². The van der Waals surface area contributed by atoms with E-state index >= 15 is 0 Å². The van der Waals surface area contributed by atoms with Crippen molar-refractivity contribution in [3.05, 3.63) is 45.9 Å². The molecule has 9 heteroatoms. The van der Waals surface area contributed by atoms with E-state index < -0.39 is 11.9 Å². The number of guanidine groups is 1. The van der Waals surface area contributed by atoms with E-state index in [0.717, 1.165) is 34.5 Å². The van der Waals surface area contributed by atoms with E-state index in [9.17, 15) is 13.2 Å². The van der Waals surface area contributed by atoms with Gasteiger partial charge in [-0.1, -0.05) is 12.1 Å². The van der Waals surface area contributed by atoms with Crippen LogP contribution in [0.4, 0.5) is 13.2 Å². The largest absolute Gasteiger partial charge is 0.497 e. The van der Waals surface area contributed by atoms with Crippen LogP contribution in [0, 0.1) is 0 Å². The lowest BCUT2D eigenvalue weighted by atomic mass is 10.1. The summed E-state index contributed by atoms with van der Waals surface area (Å²) in [5.41, 5.74) is 0.242. The van der Waals surface area contributed by atoms with Crippen LogP contribution in [0.15, 0.2) is 34.6 Å². The first-order valence-electron chi connectivity index (χ1n) is 8.09. The minimum absolute atomic E-state index is 0.0925. The molecule has 0 bridgehead atoms. The van der Waals surface area contributed by atoms with Crippen molar-refractivity contribution in [3.8, 4) is 5.75 Å². The summed E-state index contributed by atoms with van der Waals surface area (Å²) in [6.07, 6.45) is -3.66. The van der Waals surface area contributed by atoms with Crippen LogP contribution >= 0.6 is 11.3 Å². The van der Waals surface area contributed by atoms with Gasteiger partial charge in [-0.05, 0) is 31.0 Å². The third kappa shape index (κ3) is 6.21. The van der Waals surface area contributed by atoms with Gasteiger partial charge in [-0.2, -0.15) is 13.2 Å². The van der Waals surface area contributed by atoms with Gasteiger partial charge in [0, 0.05) is 18.5 Å². The van der Waals surface area contributed by atoms with Gasteiger partial charge in [0.15, 0.2) is 11.7 Å². The van der Waals surface area contributed by atoms with E-state index in [2.05, 4.69) is 20.6 Å². The highest BCUT2D eigenvalue weighted by atomic mass is 32.1. The second-order valence-electron chi connectivity index (χ2n) is 5.35. The number of aliphatic imine (C=N–C) groups is 1. The molecule has 0 unspecified atom stereocenters. The van der Waals surface area contributed by atoms with Crippen LogP contribution in [0.2, 0.25) is 0 Å². The first-order valence-corrected chi connectivity index (χ1v) is 8.97. The Kier molecular flexibility index (Phi) is 7.26. The zero-order valence-corrected chi connectivity index (χ0v) is 15.4. The highest BCUT2D eigenvalue weighted by Gasteiger charge is 2.33. The molecule has 2 N–H and O–H groups in total. The summed E-state index contributed by atoms with van der Waals surface area (Å²) < 4.78 is 42.9. The molecule has 26 heavy (non-hydrogen) atoms. The number of halogens is 3. The van der Waals surface area contributed by atoms with Crippen molar-refractivity contribution in [3.63, 3.8) is 0 Å². The van der Waals surface area contributed by atoms with Gasteiger partial charge in [-0.25, -0.2) is 9.98 Å². The molecule has 0 atom stereocenters. The van der Waals surface area contributed by atoms with E-state index in [0.29, 0.717) is 24.1 Å². The number of hydrogen-bond donors (Lipinski definition) is 2. The van der Waals surface area contributed by atoms with E-state index in [1.54, 1.807) is 7.11 Å². The highest BCUT2D eigenvalue weighted by Crippen LogP contribution is 2.30. The third-order valence-corrected chi connectivity index (χ3v) is 4.23. The number of nitrogens with zero attached hydrogens (tertiary/aromatic N) is 2. The summed E-state index contributed by atoms with van der Waals surface area (Å²) in [6, 6.07) is 7.77. The second-order valence-corrected chi connectivity index (χ2v) is 6.29. The molecular formula is C17H21F3N4OS. The Bertz CT molecular complexity index is 731. The predicted molar refractivity (Wildman–Crippen MR) is 96.6 cm³/mol. The number of rotatable bonds is 7. The van der Waals surface area contributed by atoms with Crippen LogP contribution in [0.5, 0.6) is 5.75 Å². The fraction of sp³-hybridized carbons (Fsp3) is 0.412. The SMILES string of the molecule is CCNC(=NCc1nc(C(F)(F)F)cs1)NCCc1cccc(OC)c1. The minimum Gasteiger partial charge on any atom is -0.497 e. The first kappa shape index (κ1) is 20.0. The number of ether oxygens (including phenoxy) is 1. The van der Waals surface area contributed by atoms with Crippen LogP contribution < -0.4 is 15.4 Å². The summed E-state index contributed by atoms with van der Waals surface area (Å²) in [6.45, 7) is 3.29. The van der Waals surface area contributed by atoms with E-state index in [4.69, 9.17) is 4.74 Å². The van der Waals surface area contributed by atoms with Crippen LogP contribution in [-0.4, -0.2) is 31.1 Å². The molecule has 0 saturated heterocycles.